The summed E-state index contributed by atoms with van der Waals surface area (Å²) in [5, 5.41) is 9.81. The van der Waals surface area contributed by atoms with Crippen molar-refractivity contribution in [3.63, 3.8) is 0 Å². The van der Waals surface area contributed by atoms with Crippen LogP contribution in [0.3, 0.4) is 0 Å². The molecule has 2 atom stereocenters. The lowest BCUT2D eigenvalue weighted by Gasteiger charge is -2.25. The number of fused-ring (bicyclic) bond motifs is 8. The van der Waals surface area contributed by atoms with E-state index in [0.29, 0.717) is 5.92 Å². The summed E-state index contributed by atoms with van der Waals surface area (Å²) in [5.41, 5.74) is 14.4. The second kappa shape index (κ2) is 15.9. The zero-order valence-electron chi connectivity index (χ0n) is 36.1. The minimum Gasteiger partial charge on any atom is -0.456 e. The first-order chi connectivity index (χ1) is 31.6. The molecule has 1 aliphatic heterocycles. The maximum Gasteiger partial charge on any atom is 0.136 e. The summed E-state index contributed by atoms with van der Waals surface area (Å²) in [6.07, 6.45) is 3.77. The third-order valence-electron chi connectivity index (χ3n) is 13.8. The Kier molecular flexibility index (Phi) is 9.61. The number of allylic oxidation sites excluding steroid dienone is 2. The smallest absolute Gasteiger partial charge is 0.136 e. The predicted octanol–water partition coefficient (Wildman–Crippen LogP) is 17.8. The first-order valence-electron chi connectivity index (χ1n) is 22.8. The van der Waals surface area contributed by atoms with E-state index < -0.39 is 0 Å². The highest BCUT2D eigenvalue weighted by Crippen LogP contribution is 2.45. The quantitative estimate of drug-likeness (QED) is 0.164. The van der Waals surface area contributed by atoms with Crippen molar-refractivity contribution in [2.24, 2.45) is 10.9 Å². The average molecular weight is 842 g/mol. The Morgan fingerprint density at radius 2 is 1.22 bits per heavy atom. The molecule has 3 heterocycles. The Balaban J connectivity index is 1.09. The van der Waals surface area contributed by atoms with Crippen LogP contribution < -0.4 is 0 Å². The second-order valence-electron chi connectivity index (χ2n) is 17.6. The van der Waals surface area contributed by atoms with Gasteiger partial charge in [-0.2, -0.15) is 0 Å². The molecule has 1 aliphatic rings. The molecule has 64 heavy (non-hydrogen) atoms. The van der Waals surface area contributed by atoms with Crippen LogP contribution in [0.25, 0.3) is 91.5 Å². The Labute approximate surface area is 377 Å². The van der Waals surface area contributed by atoms with Gasteiger partial charge in [0, 0.05) is 36.7 Å². The van der Waals surface area contributed by atoms with Crippen molar-refractivity contribution in [2.45, 2.75) is 45.6 Å². The van der Waals surface area contributed by atoms with Crippen LogP contribution in [0.5, 0.6) is 0 Å². The average Bonchev–Trinajstić information content (AvgIpc) is 3.93. The molecule has 0 spiro atoms. The summed E-state index contributed by atoms with van der Waals surface area (Å²) in [5.74, 6) is 0.359. The van der Waals surface area contributed by atoms with E-state index in [-0.39, 0.29) is 6.04 Å². The molecule has 0 amide bonds. The molecule has 12 rings (SSSR count). The van der Waals surface area contributed by atoms with E-state index in [1.54, 1.807) is 0 Å². The summed E-state index contributed by atoms with van der Waals surface area (Å²) in [6, 6.07) is 69.3. The van der Waals surface area contributed by atoms with Gasteiger partial charge in [-0.1, -0.05) is 146 Å². The van der Waals surface area contributed by atoms with Gasteiger partial charge in [-0.15, -0.1) is 11.3 Å². The van der Waals surface area contributed by atoms with Gasteiger partial charge in [-0.25, -0.2) is 0 Å². The fraction of sp³-hybridized carbons (Fsp3) is 0.131. The highest BCUT2D eigenvalue weighted by atomic mass is 32.1. The van der Waals surface area contributed by atoms with E-state index in [9.17, 15) is 0 Å². The van der Waals surface area contributed by atoms with Crippen LogP contribution in [-0.4, -0.2) is 5.71 Å². The largest absolute Gasteiger partial charge is 0.456 e. The molecule has 308 valence electrons. The number of para-hydroxylation sites is 1. The number of furan rings is 1. The van der Waals surface area contributed by atoms with E-state index in [2.05, 4.69) is 202 Å². The lowest BCUT2D eigenvalue weighted by atomic mass is 9.81. The number of thiophene rings is 1. The maximum atomic E-state index is 6.73. The molecule has 2 unspecified atom stereocenters. The van der Waals surface area contributed by atoms with Crippen molar-refractivity contribution >= 4 is 86.3 Å². The van der Waals surface area contributed by atoms with E-state index in [4.69, 9.17) is 9.41 Å². The van der Waals surface area contributed by atoms with Crippen molar-refractivity contribution in [3.8, 4) is 22.3 Å². The molecule has 0 radical (unpaired) electrons. The number of nitrogens with zero attached hydrogens (tertiary/aromatic N) is 1. The van der Waals surface area contributed by atoms with Gasteiger partial charge in [0.2, 0.25) is 0 Å². The maximum absolute atomic E-state index is 6.73. The topological polar surface area (TPSA) is 25.5 Å². The summed E-state index contributed by atoms with van der Waals surface area (Å²) < 4.78 is 9.39. The monoisotopic (exact) mass is 841 g/mol. The molecular weight excluding hydrogens is 795 g/mol. The molecule has 0 N–H and O–H groups in total. The molecular formula is C61H47NOS. The van der Waals surface area contributed by atoms with E-state index in [0.717, 1.165) is 58.9 Å². The van der Waals surface area contributed by atoms with Crippen LogP contribution in [-0.2, 0) is 0 Å². The van der Waals surface area contributed by atoms with Crippen molar-refractivity contribution in [1.82, 2.24) is 0 Å². The number of hydrogen-bond acceptors (Lipinski definition) is 3. The van der Waals surface area contributed by atoms with Crippen LogP contribution in [0.1, 0.15) is 62.3 Å². The number of benzene rings is 9. The molecule has 9 aromatic carbocycles. The molecule has 0 bridgehead atoms. The lowest BCUT2D eigenvalue weighted by molar-refractivity contribution is 0.517. The van der Waals surface area contributed by atoms with Gasteiger partial charge >= 0.3 is 0 Å². The Bertz CT molecular complexity index is 3660. The fourth-order valence-electron chi connectivity index (χ4n) is 10.6. The summed E-state index contributed by atoms with van der Waals surface area (Å²) in [6.45, 7) is 4.73. The minimum atomic E-state index is -0.0247. The first-order valence-corrected chi connectivity index (χ1v) is 23.6. The number of aliphatic imine (C=N–C) groups is 1. The zero-order chi connectivity index (χ0) is 42.7. The molecule has 0 fully saturated rings. The van der Waals surface area contributed by atoms with Crippen LogP contribution in [0, 0.1) is 5.92 Å². The van der Waals surface area contributed by atoms with E-state index in [1.165, 1.54) is 86.2 Å². The van der Waals surface area contributed by atoms with Gasteiger partial charge in [0.05, 0.1) is 6.04 Å². The first kappa shape index (κ1) is 38.6. The number of rotatable bonds is 6. The second-order valence-corrected chi connectivity index (χ2v) is 18.7. The van der Waals surface area contributed by atoms with Crippen LogP contribution in [0.4, 0.5) is 0 Å². The van der Waals surface area contributed by atoms with Gasteiger partial charge in [-0.3, -0.25) is 4.99 Å². The van der Waals surface area contributed by atoms with Gasteiger partial charge in [-0.05, 0) is 159 Å². The highest BCUT2D eigenvalue weighted by Gasteiger charge is 2.27. The zero-order valence-corrected chi connectivity index (χ0v) is 37.0. The number of hydrogen-bond donors (Lipinski definition) is 0. The van der Waals surface area contributed by atoms with Gasteiger partial charge in [0.15, 0.2) is 0 Å². The molecule has 3 heteroatoms. The molecule has 0 saturated heterocycles. The van der Waals surface area contributed by atoms with E-state index >= 15 is 0 Å². The lowest BCUT2D eigenvalue weighted by Crippen LogP contribution is -2.10. The summed E-state index contributed by atoms with van der Waals surface area (Å²) in [7, 11) is 0. The predicted molar refractivity (Wildman–Crippen MR) is 275 cm³/mol. The van der Waals surface area contributed by atoms with Gasteiger partial charge < -0.3 is 4.42 Å². The normalized spacial score (nSPS) is 16.2. The Hall–Kier alpha value is -7.07. The fourth-order valence-corrected chi connectivity index (χ4v) is 11.7. The highest BCUT2D eigenvalue weighted by molar-refractivity contribution is 7.25. The SMILES string of the molecule is CCC1CC(c2ccc3sc4ccccc4c3c2)N=C(c2cc(-c3cc(-c4ccc5ccccc5c4)cc4oc5ccccc5c34)c3ccccc3c2)CCC(C)=C1c1ccccc1. The van der Waals surface area contributed by atoms with Crippen LogP contribution in [0.15, 0.2) is 203 Å². The van der Waals surface area contributed by atoms with Gasteiger partial charge in [0.1, 0.15) is 11.2 Å². The van der Waals surface area contributed by atoms with Crippen LogP contribution in [0.2, 0.25) is 0 Å². The van der Waals surface area contributed by atoms with Crippen molar-refractivity contribution in [2.75, 3.05) is 0 Å². The standard InChI is InChI=1S/C61H47NOS/c1-3-39-36-55(45-28-30-59-52(33-45)49-21-12-14-24-58(49)64-59)62-54(29-25-38(2)60(39)41-16-5-4-6-17-41)47-32-44-19-9-10-20-48(44)51(35-47)53-34-46(43-27-26-40-15-7-8-18-42(40)31-43)37-57-61(53)50-22-11-13-23-56(50)63-57/h4-24,26-28,30-35,37,39,55H,3,25,29,36H2,1-2H3. The Morgan fingerprint density at radius 1 is 0.516 bits per heavy atom. The third kappa shape index (κ3) is 6.74. The molecule has 2 aromatic heterocycles. The molecule has 0 saturated carbocycles. The third-order valence-corrected chi connectivity index (χ3v) is 15.0. The van der Waals surface area contributed by atoms with Crippen molar-refractivity contribution in [3.05, 3.63) is 210 Å². The molecule has 2 nitrogen and oxygen atoms in total. The van der Waals surface area contributed by atoms with Crippen LogP contribution >= 0.6 is 11.3 Å². The van der Waals surface area contributed by atoms with Crippen molar-refractivity contribution in [1.29, 1.82) is 0 Å². The minimum absolute atomic E-state index is 0.0247. The Morgan fingerprint density at radius 3 is 2.08 bits per heavy atom. The van der Waals surface area contributed by atoms with Crippen molar-refractivity contribution < 1.29 is 4.42 Å². The molecule has 11 aromatic rings. The van der Waals surface area contributed by atoms with E-state index in [1.807, 2.05) is 11.3 Å². The molecule has 0 aliphatic carbocycles. The summed E-state index contributed by atoms with van der Waals surface area (Å²) >= 11 is 1.88. The van der Waals surface area contributed by atoms with Gasteiger partial charge in [0.25, 0.3) is 0 Å². The summed E-state index contributed by atoms with van der Waals surface area (Å²) in [4.78, 5) is 5.98.